The van der Waals surface area contributed by atoms with Gasteiger partial charge in [0, 0.05) is 18.7 Å². The lowest BCUT2D eigenvalue weighted by molar-refractivity contribution is -0.384. The van der Waals surface area contributed by atoms with Crippen LogP contribution in [-0.4, -0.2) is 51.4 Å². The van der Waals surface area contributed by atoms with Crippen molar-refractivity contribution in [3.63, 3.8) is 0 Å². The van der Waals surface area contributed by atoms with Gasteiger partial charge in [0.05, 0.1) is 36.1 Å². The highest BCUT2D eigenvalue weighted by Crippen LogP contribution is 2.39. The molecular weight excluding hydrogens is 434 g/mol. The molecule has 1 aliphatic heterocycles. The number of rotatable bonds is 6. The van der Waals surface area contributed by atoms with E-state index in [4.69, 9.17) is 14.2 Å². The molecule has 1 aromatic carbocycles. The molecule has 33 heavy (non-hydrogen) atoms. The summed E-state index contributed by atoms with van der Waals surface area (Å²) >= 11 is 0. The highest BCUT2D eigenvalue weighted by Gasteiger charge is 2.24. The monoisotopic (exact) mass is 453 g/mol. The number of nitrogens with one attached hydrogen (secondary N) is 1. The highest BCUT2D eigenvalue weighted by molar-refractivity contribution is 5.97. The van der Waals surface area contributed by atoms with E-state index in [1.54, 1.807) is 31.3 Å². The van der Waals surface area contributed by atoms with Crippen LogP contribution in [0.1, 0.15) is 22.5 Å². The molecule has 0 spiro atoms. The Morgan fingerprint density at radius 2 is 2.00 bits per heavy atom. The number of carbonyl (C=O) groups excluding carboxylic acids is 2. The van der Waals surface area contributed by atoms with Crippen LogP contribution in [0.4, 0.5) is 11.4 Å². The maximum Gasteiger partial charge on any atom is 0.342 e. The van der Waals surface area contributed by atoms with E-state index in [1.807, 2.05) is 0 Å². The molecule has 3 heterocycles. The molecule has 12 heteroatoms. The summed E-state index contributed by atoms with van der Waals surface area (Å²) < 4.78 is 17.5. The number of benzene rings is 1. The number of ether oxygens (including phenoxy) is 3. The van der Waals surface area contributed by atoms with Crippen molar-refractivity contribution in [2.24, 2.45) is 0 Å². The molecule has 0 saturated heterocycles. The molecule has 0 unspecified atom stereocenters. The van der Waals surface area contributed by atoms with Crippen molar-refractivity contribution in [2.45, 2.75) is 13.3 Å². The zero-order valence-corrected chi connectivity index (χ0v) is 17.5. The second kappa shape index (κ2) is 9.34. The number of aromatic nitrogens is 3. The third kappa shape index (κ3) is 4.74. The fraction of sp³-hybridized carbons (Fsp3) is 0.238. The largest absolute Gasteiger partial charge is 0.489 e. The lowest BCUT2D eigenvalue weighted by Crippen LogP contribution is -2.21. The Morgan fingerprint density at radius 3 is 2.70 bits per heavy atom. The predicted molar refractivity (Wildman–Crippen MR) is 114 cm³/mol. The molecule has 0 bridgehead atoms. The zero-order valence-electron chi connectivity index (χ0n) is 17.5. The second-order valence-electron chi connectivity index (χ2n) is 6.99. The van der Waals surface area contributed by atoms with Crippen LogP contribution in [0.5, 0.6) is 11.5 Å². The van der Waals surface area contributed by atoms with Crippen LogP contribution in [0, 0.1) is 17.0 Å². The van der Waals surface area contributed by atoms with Crippen LogP contribution in [0.2, 0.25) is 0 Å². The number of hydrogen-bond acceptors (Lipinski definition) is 9. The number of nitrogens with zero attached hydrogens (tertiary/aromatic N) is 4. The van der Waals surface area contributed by atoms with Gasteiger partial charge in [-0.2, -0.15) is 5.10 Å². The first-order valence-electron chi connectivity index (χ1n) is 9.95. The van der Waals surface area contributed by atoms with Crippen molar-refractivity contribution in [1.29, 1.82) is 0 Å². The molecule has 170 valence electrons. The van der Waals surface area contributed by atoms with Gasteiger partial charge in [-0.05, 0) is 19.1 Å². The standard InChI is InChI=1S/C21H19N5O7/c1-13-14(11-23-25(13)19-5-2-3-6-22-19)21(28)33-12-20(27)24-15-9-17-18(10-16(15)26(29)30)32-8-4-7-31-17/h2-3,5-6,9-11H,4,7-8,12H2,1H3,(H,24,27). The Morgan fingerprint density at radius 1 is 1.24 bits per heavy atom. The van der Waals surface area contributed by atoms with Gasteiger partial charge >= 0.3 is 5.97 Å². The Hall–Kier alpha value is -4.48. The third-order valence-corrected chi connectivity index (χ3v) is 4.77. The molecule has 0 fully saturated rings. The summed E-state index contributed by atoms with van der Waals surface area (Å²) in [6, 6.07) is 7.77. The van der Waals surface area contributed by atoms with Gasteiger partial charge < -0.3 is 19.5 Å². The van der Waals surface area contributed by atoms with Crippen LogP contribution in [-0.2, 0) is 9.53 Å². The van der Waals surface area contributed by atoms with Crippen LogP contribution < -0.4 is 14.8 Å². The van der Waals surface area contributed by atoms with Crippen LogP contribution >= 0.6 is 0 Å². The van der Waals surface area contributed by atoms with Gasteiger partial charge in [-0.15, -0.1) is 0 Å². The van der Waals surface area contributed by atoms with Crippen LogP contribution in [0.25, 0.3) is 5.82 Å². The molecule has 12 nitrogen and oxygen atoms in total. The minimum atomic E-state index is -0.766. The normalized spacial score (nSPS) is 12.5. The molecule has 1 amide bonds. The van der Waals surface area contributed by atoms with Crippen LogP contribution in [0.3, 0.4) is 0 Å². The van der Waals surface area contributed by atoms with Gasteiger partial charge in [0.15, 0.2) is 23.9 Å². The molecule has 1 aliphatic rings. The molecule has 2 aromatic heterocycles. The van der Waals surface area contributed by atoms with E-state index in [0.717, 1.165) is 0 Å². The van der Waals surface area contributed by atoms with Crippen molar-refractivity contribution in [2.75, 3.05) is 25.1 Å². The zero-order chi connectivity index (χ0) is 23.4. The smallest absolute Gasteiger partial charge is 0.342 e. The predicted octanol–water partition coefficient (Wildman–Crippen LogP) is 2.44. The number of esters is 1. The van der Waals surface area contributed by atoms with Crippen molar-refractivity contribution in [1.82, 2.24) is 14.8 Å². The fourth-order valence-electron chi connectivity index (χ4n) is 3.16. The molecule has 1 N–H and O–H groups in total. The van der Waals surface area contributed by atoms with Gasteiger partial charge in [-0.3, -0.25) is 14.9 Å². The number of nitro benzene ring substituents is 1. The van der Waals surface area contributed by atoms with Gasteiger partial charge in [-0.25, -0.2) is 14.5 Å². The summed E-state index contributed by atoms with van der Waals surface area (Å²) in [4.78, 5) is 39.8. The van der Waals surface area contributed by atoms with E-state index in [2.05, 4.69) is 15.4 Å². The number of pyridine rings is 1. The second-order valence-corrected chi connectivity index (χ2v) is 6.99. The molecule has 0 saturated carbocycles. The van der Waals surface area contributed by atoms with E-state index < -0.39 is 23.4 Å². The first-order valence-corrected chi connectivity index (χ1v) is 9.95. The van der Waals surface area contributed by atoms with Gasteiger partial charge in [-0.1, -0.05) is 6.07 Å². The number of carbonyl (C=O) groups is 2. The van der Waals surface area contributed by atoms with Crippen molar-refractivity contribution >= 4 is 23.3 Å². The number of amides is 1. The Kier molecular flexibility index (Phi) is 6.15. The van der Waals surface area contributed by atoms with Gasteiger partial charge in [0.2, 0.25) is 0 Å². The Balaban J connectivity index is 1.44. The lowest BCUT2D eigenvalue weighted by Gasteiger charge is -2.11. The van der Waals surface area contributed by atoms with Crippen LogP contribution in [0.15, 0.2) is 42.7 Å². The van der Waals surface area contributed by atoms with Crippen molar-refractivity contribution in [3.8, 4) is 17.3 Å². The van der Waals surface area contributed by atoms with Gasteiger partial charge in [0.25, 0.3) is 11.6 Å². The number of hydrogen-bond donors (Lipinski definition) is 1. The molecule has 0 atom stereocenters. The number of fused-ring (bicyclic) bond motifs is 1. The van der Waals surface area contributed by atoms with E-state index in [1.165, 1.54) is 23.0 Å². The average molecular weight is 453 g/mol. The summed E-state index contributed by atoms with van der Waals surface area (Å²) in [5.74, 6) is -0.491. The summed E-state index contributed by atoms with van der Waals surface area (Å²) in [7, 11) is 0. The molecule has 0 aliphatic carbocycles. The summed E-state index contributed by atoms with van der Waals surface area (Å²) in [6.45, 7) is 1.75. The summed E-state index contributed by atoms with van der Waals surface area (Å²) in [5, 5.41) is 18.0. The molecule has 3 aromatic rings. The minimum absolute atomic E-state index is 0.0931. The lowest BCUT2D eigenvalue weighted by atomic mass is 10.2. The Bertz CT molecular complexity index is 1210. The maximum absolute atomic E-state index is 12.5. The minimum Gasteiger partial charge on any atom is -0.489 e. The van der Waals surface area contributed by atoms with E-state index >= 15 is 0 Å². The van der Waals surface area contributed by atoms with Crippen molar-refractivity contribution in [3.05, 3.63) is 64.1 Å². The molecule has 4 rings (SSSR count). The SMILES string of the molecule is Cc1c(C(=O)OCC(=O)Nc2cc3c(cc2[N+](=O)[O-])OCCCO3)cnn1-c1ccccn1. The van der Waals surface area contributed by atoms with Gasteiger partial charge in [0.1, 0.15) is 11.3 Å². The van der Waals surface area contributed by atoms with E-state index in [9.17, 15) is 19.7 Å². The van der Waals surface area contributed by atoms with E-state index in [-0.39, 0.29) is 28.4 Å². The number of nitro groups is 1. The highest BCUT2D eigenvalue weighted by atomic mass is 16.6. The first kappa shape index (κ1) is 21.7. The Labute approximate surface area is 187 Å². The maximum atomic E-state index is 12.5. The topological polar surface area (TPSA) is 148 Å². The van der Waals surface area contributed by atoms with E-state index in [0.29, 0.717) is 31.1 Å². The molecular formula is C21H19N5O7. The summed E-state index contributed by atoms with van der Waals surface area (Å²) in [6.07, 6.45) is 3.53. The fourth-order valence-corrected chi connectivity index (χ4v) is 3.16. The number of anilines is 1. The summed E-state index contributed by atoms with van der Waals surface area (Å²) in [5.41, 5.74) is 0.184. The quantitative estimate of drug-likeness (QED) is 0.337. The van der Waals surface area contributed by atoms with Crippen molar-refractivity contribution < 1.29 is 28.7 Å². The molecule has 0 radical (unpaired) electrons. The first-order chi connectivity index (χ1) is 15.9. The third-order valence-electron chi connectivity index (χ3n) is 4.77. The average Bonchev–Trinajstić information content (AvgIpc) is 3.04.